The van der Waals surface area contributed by atoms with E-state index in [1.807, 2.05) is 0 Å². The standard InChI is InChI=1S/C15H16ClN3O4S/c1-19(2)24(21,22)10-6-7-13(23-3)12(9-10)18-15(20)11-5-4-8-17-14(11)16/h4-9H,1-3H3,(H,18,20). The van der Waals surface area contributed by atoms with E-state index in [0.717, 1.165) is 4.31 Å². The van der Waals surface area contributed by atoms with Crippen LogP contribution in [0, 0.1) is 0 Å². The highest BCUT2D eigenvalue weighted by atomic mass is 35.5. The van der Waals surface area contributed by atoms with E-state index in [1.54, 1.807) is 6.07 Å². The van der Waals surface area contributed by atoms with Crippen LogP contribution in [0.3, 0.4) is 0 Å². The Morgan fingerprint density at radius 2 is 2.00 bits per heavy atom. The molecule has 1 aromatic carbocycles. The van der Waals surface area contributed by atoms with Gasteiger partial charge >= 0.3 is 0 Å². The summed E-state index contributed by atoms with van der Waals surface area (Å²) in [6.45, 7) is 0. The van der Waals surface area contributed by atoms with Gasteiger partial charge in [0.05, 0.1) is 23.3 Å². The van der Waals surface area contributed by atoms with E-state index in [-0.39, 0.29) is 21.3 Å². The smallest absolute Gasteiger partial charge is 0.258 e. The van der Waals surface area contributed by atoms with Crippen molar-refractivity contribution in [2.45, 2.75) is 4.90 Å². The molecule has 7 nitrogen and oxygen atoms in total. The Kier molecular flexibility index (Phi) is 5.43. The van der Waals surface area contributed by atoms with Crippen LogP contribution in [0.4, 0.5) is 5.69 Å². The highest BCUT2D eigenvalue weighted by Crippen LogP contribution is 2.29. The van der Waals surface area contributed by atoms with Crippen LogP contribution >= 0.6 is 11.6 Å². The van der Waals surface area contributed by atoms with Gasteiger partial charge < -0.3 is 10.1 Å². The number of nitrogens with zero attached hydrogens (tertiary/aromatic N) is 2. The van der Waals surface area contributed by atoms with Crippen molar-refractivity contribution in [2.75, 3.05) is 26.5 Å². The fourth-order valence-electron chi connectivity index (χ4n) is 1.90. The molecule has 0 fully saturated rings. The van der Waals surface area contributed by atoms with Crippen LogP contribution in [0.25, 0.3) is 0 Å². The van der Waals surface area contributed by atoms with Crippen LogP contribution in [0.15, 0.2) is 41.4 Å². The number of carbonyl (C=O) groups is 1. The van der Waals surface area contributed by atoms with Crippen molar-refractivity contribution in [3.8, 4) is 5.75 Å². The number of anilines is 1. The van der Waals surface area contributed by atoms with Crippen molar-refractivity contribution in [3.63, 3.8) is 0 Å². The molecule has 1 heterocycles. The molecule has 0 bridgehead atoms. The zero-order chi connectivity index (χ0) is 17.9. The predicted octanol–water partition coefficient (Wildman–Crippen LogP) is 2.25. The number of rotatable bonds is 5. The molecule has 0 atom stereocenters. The van der Waals surface area contributed by atoms with Gasteiger partial charge in [-0.05, 0) is 30.3 Å². The number of aromatic nitrogens is 1. The molecule has 0 aliphatic carbocycles. The summed E-state index contributed by atoms with van der Waals surface area (Å²) in [4.78, 5) is 16.2. The van der Waals surface area contributed by atoms with Crippen molar-refractivity contribution in [1.82, 2.24) is 9.29 Å². The first-order valence-electron chi connectivity index (χ1n) is 6.80. The first kappa shape index (κ1) is 18.2. The van der Waals surface area contributed by atoms with Crippen LogP contribution in [-0.4, -0.2) is 44.8 Å². The van der Waals surface area contributed by atoms with Crippen molar-refractivity contribution in [1.29, 1.82) is 0 Å². The molecule has 128 valence electrons. The van der Waals surface area contributed by atoms with Crippen LogP contribution in [0.1, 0.15) is 10.4 Å². The summed E-state index contributed by atoms with van der Waals surface area (Å²) in [6.07, 6.45) is 1.46. The van der Waals surface area contributed by atoms with Crippen molar-refractivity contribution < 1.29 is 17.9 Å². The Morgan fingerprint density at radius 3 is 2.58 bits per heavy atom. The van der Waals surface area contributed by atoms with Gasteiger partial charge in [-0.3, -0.25) is 4.79 Å². The molecular weight excluding hydrogens is 354 g/mol. The third kappa shape index (κ3) is 3.66. The Morgan fingerprint density at radius 1 is 1.29 bits per heavy atom. The summed E-state index contributed by atoms with van der Waals surface area (Å²) in [5.74, 6) is -0.202. The Labute approximate surface area is 145 Å². The van der Waals surface area contributed by atoms with Crippen LogP contribution < -0.4 is 10.1 Å². The fraction of sp³-hybridized carbons (Fsp3) is 0.200. The number of benzene rings is 1. The maximum absolute atomic E-state index is 12.3. The molecule has 1 aromatic heterocycles. The summed E-state index contributed by atoms with van der Waals surface area (Å²) < 4.78 is 30.7. The third-order valence-corrected chi connectivity index (χ3v) is 5.31. The van der Waals surface area contributed by atoms with Crippen molar-refractivity contribution in [2.24, 2.45) is 0 Å². The number of hydrogen-bond donors (Lipinski definition) is 1. The first-order valence-corrected chi connectivity index (χ1v) is 8.61. The zero-order valence-corrected chi connectivity index (χ0v) is 14.9. The summed E-state index contributed by atoms with van der Waals surface area (Å²) in [6, 6.07) is 7.29. The molecule has 0 saturated carbocycles. The fourth-order valence-corrected chi connectivity index (χ4v) is 3.03. The molecule has 0 saturated heterocycles. The lowest BCUT2D eigenvalue weighted by atomic mass is 10.2. The number of hydrogen-bond acceptors (Lipinski definition) is 5. The topological polar surface area (TPSA) is 88.6 Å². The molecule has 2 aromatic rings. The minimum atomic E-state index is -3.64. The molecule has 1 N–H and O–H groups in total. The number of ether oxygens (including phenoxy) is 1. The monoisotopic (exact) mass is 369 g/mol. The summed E-state index contributed by atoms with van der Waals surface area (Å²) in [5.41, 5.74) is 0.382. The predicted molar refractivity (Wildman–Crippen MR) is 91.1 cm³/mol. The second-order valence-electron chi connectivity index (χ2n) is 4.95. The maximum atomic E-state index is 12.3. The largest absolute Gasteiger partial charge is 0.495 e. The normalized spacial score (nSPS) is 11.4. The average Bonchev–Trinajstić information content (AvgIpc) is 2.54. The van der Waals surface area contributed by atoms with Crippen molar-refractivity contribution in [3.05, 3.63) is 47.2 Å². The lowest BCUT2D eigenvalue weighted by Crippen LogP contribution is -2.22. The van der Waals surface area contributed by atoms with E-state index >= 15 is 0 Å². The highest BCUT2D eigenvalue weighted by Gasteiger charge is 2.20. The molecule has 1 amide bonds. The highest BCUT2D eigenvalue weighted by molar-refractivity contribution is 7.89. The Balaban J connectivity index is 2.42. The van der Waals surface area contributed by atoms with E-state index in [2.05, 4.69) is 10.3 Å². The minimum Gasteiger partial charge on any atom is -0.495 e. The van der Waals surface area contributed by atoms with Crippen molar-refractivity contribution >= 4 is 33.2 Å². The van der Waals surface area contributed by atoms with Gasteiger partial charge in [0.25, 0.3) is 5.91 Å². The van der Waals surface area contributed by atoms with Gasteiger partial charge in [-0.1, -0.05) is 11.6 Å². The summed E-state index contributed by atoms with van der Waals surface area (Å²) in [5, 5.41) is 2.65. The number of halogens is 1. The van der Waals surface area contributed by atoms with Gasteiger partial charge in [0.2, 0.25) is 10.0 Å². The van der Waals surface area contributed by atoms with Crippen LogP contribution in [0.2, 0.25) is 5.15 Å². The molecule has 0 aliphatic rings. The van der Waals surface area contributed by atoms with Gasteiger partial charge in [0.15, 0.2) is 0 Å². The summed E-state index contributed by atoms with van der Waals surface area (Å²) >= 11 is 5.90. The van der Waals surface area contributed by atoms with Gasteiger partial charge in [-0.25, -0.2) is 17.7 Å². The molecule has 24 heavy (non-hydrogen) atoms. The molecule has 0 aliphatic heterocycles. The van der Waals surface area contributed by atoms with Gasteiger partial charge in [-0.15, -0.1) is 0 Å². The SMILES string of the molecule is COc1ccc(S(=O)(=O)N(C)C)cc1NC(=O)c1cccnc1Cl. The zero-order valence-electron chi connectivity index (χ0n) is 13.3. The second kappa shape index (κ2) is 7.16. The number of sulfonamides is 1. The van der Waals surface area contributed by atoms with Crippen LogP contribution in [-0.2, 0) is 10.0 Å². The minimum absolute atomic E-state index is 0.0286. The number of pyridine rings is 1. The summed E-state index contributed by atoms with van der Waals surface area (Å²) in [7, 11) is 0.622. The Hall–Kier alpha value is -2.16. The number of nitrogens with one attached hydrogen (secondary N) is 1. The Bertz CT molecular complexity index is 869. The molecular formula is C15H16ClN3O4S. The molecule has 0 radical (unpaired) electrons. The van der Waals surface area contributed by atoms with E-state index < -0.39 is 15.9 Å². The maximum Gasteiger partial charge on any atom is 0.258 e. The van der Waals surface area contributed by atoms with Gasteiger partial charge in [0.1, 0.15) is 10.9 Å². The molecule has 0 unspecified atom stereocenters. The van der Waals surface area contributed by atoms with Crippen LogP contribution in [0.5, 0.6) is 5.75 Å². The lowest BCUT2D eigenvalue weighted by molar-refractivity contribution is 0.102. The van der Waals surface area contributed by atoms with E-state index in [9.17, 15) is 13.2 Å². The van der Waals surface area contributed by atoms with Gasteiger partial charge in [-0.2, -0.15) is 0 Å². The lowest BCUT2D eigenvalue weighted by Gasteiger charge is -2.15. The number of carbonyl (C=O) groups excluding carboxylic acids is 1. The van der Waals surface area contributed by atoms with Gasteiger partial charge in [0, 0.05) is 20.3 Å². The quantitative estimate of drug-likeness (QED) is 0.816. The average molecular weight is 370 g/mol. The number of amides is 1. The third-order valence-electron chi connectivity index (χ3n) is 3.20. The first-order chi connectivity index (χ1) is 11.3. The van der Waals surface area contributed by atoms with E-state index in [0.29, 0.717) is 5.75 Å². The van der Waals surface area contributed by atoms with E-state index in [4.69, 9.17) is 16.3 Å². The second-order valence-corrected chi connectivity index (χ2v) is 7.46. The molecule has 2 rings (SSSR count). The van der Waals surface area contributed by atoms with E-state index in [1.165, 1.54) is 51.7 Å². The number of methoxy groups -OCH3 is 1. The molecule has 9 heteroatoms. The molecule has 0 spiro atoms.